The zero-order valence-corrected chi connectivity index (χ0v) is 9.90. The Labute approximate surface area is 102 Å². The fourth-order valence-corrected chi connectivity index (χ4v) is 1.99. The lowest BCUT2D eigenvalue weighted by Crippen LogP contribution is -2.20. The molecular formula is C12H10ClNO3. The highest BCUT2D eigenvalue weighted by Gasteiger charge is 2.10. The van der Waals surface area contributed by atoms with Crippen molar-refractivity contribution in [2.45, 2.75) is 6.54 Å². The Morgan fingerprint density at radius 3 is 2.76 bits per heavy atom. The molecule has 0 aliphatic heterocycles. The molecule has 88 valence electrons. The van der Waals surface area contributed by atoms with Gasteiger partial charge in [0.15, 0.2) is 0 Å². The quantitative estimate of drug-likeness (QED) is 0.783. The Balaban J connectivity index is 2.94. The van der Waals surface area contributed by atoms with Crippen molar-refractivity contribution in [3.8, 4) is 5.75 Å². The molecule has 17 heavy (non-hydrogen) atoms. The first-order valence-electron chi connectivity index (χ1n) is 4.98. The maximum atomic E-state index is 11.7. The second-order valence-corrected chi connectivity index (χ2v) is 3.87. The molecule has 4 nitrogen and oxygen atoms in total. The highest BCUT2D eigenvalue weighted by Crippen LogP contribution is 2.30. The Morgan fingerprint density at radius 1 is 1.35 bits per heavy atom. The lowest BCUT2D eigenvalue weighted by Gasteiger charge is -2.11. The number of halogens is 1. The first-order valence-corrected chi connectivity index (χ1v) is 5.36. The number of ether oxygens (including phenoxy) is 1. The van der Waals surface area contributed by atoms with Crippen molar-refractivity contribution in [1.82, 2.24) is 4.57 Å². The van der Waals surface area contributed by atoms with Gasteiger partial charge in [0.2, 0.25) is 0 Å². The molecule has 1 aromatic carbocycles. The average Bonchev–Trinajstić information content (AvgIpc) is 2.33. The molecular weight excluding hydrogens is 242 g/mol. The van der Waals surface area contributed by atoms with Crippen LogP contribution in [0.4, 0.5) is 0 Å². The molecule has 0 bridgehead atoms. The highest BCUT2D eigenvalue weighted by atomic mass is 35.5. The molecule has 0 saturated heterocycles. The lowest BCUT2D eigenvalue weighted by atomic mass is 10.2. The second kappa shape index (κ2) is 4.59. The van der Waals surface area contributed by atoms with Crippen molar-refractivity contribution in [2.75, 3.05) is 7.11 Å². The molecule has 1 heterocycles. The summed E-state index contributed by atoms with van der Waals surface area (Å²) in [6, 6.07) is 6.38. The Kier molecular flexibility index (Phi) is 3.15. The number of hydrogen-bond donors (Lipinski definition) is 0. The highest BCUT2D eigenvalue weighted by molar-refractivity contribution is 6.35. The maximum absolute atomic E-state index is 11.7. The molecule has 2 rings (SSSR count). The molecule has 0 amide bonds. The van der Waals surface area contributed by atoms with Crippen LogP contribution < -0.4 is 10.3 Å². The van der Waals surface area contributed by atoms with Gasteiger partial charge in [0.05, 0.1) is 24.2 Å². The van der Waals surface area contributed by atoms with Crippen LogP contribution in [0.2, 0.25) is 5.02 Å². The van der Waals surface area contributed by atoms with Gasteiger partial charge in [0, 0.05) is 11.5 Å². The molecule has 0 aliphatic rings. The maximum Gasteiger partial charge on any atom is 0.251 e. The van der Waals surface area contributed by atoms with E-state index >= 15 is 0 Å². The topological polar surface area (TPSA) is 48.3 Å². The Bertz CT molecular complexity index is 633. The third-order valence-corrected chi connectivity index (χ3v) is 2.86. The normalized spacial score (nSPS) is 10.5. The summed E-state index contributed by atoms with van der Waals surface area (Å²) in [7, 11) is 1.51. The molecule has 2 aromatic rings. The van der Waals surface area contributed by atoms with Gasteiger partial charge in [-0.25, -0.2) is 0 Å². The van der Waals surface area contributed by atoms with Crippen molar-refractivity contribution >= 4 is 28.8 Å². The van der Waals surface area contributed by atoms with Crippen LogP contribution in [-0.2, 0) is 11.3 Å². The fourth-order valence-electron chi connectivity index (χ4n) is 1.78. The van der Waals surface area contributed by atoms with E-state index in [0.717, 1.165) is 0 Å². The minimum Gasteiger partial charge on any atom is -0.495 e. The third-order valence-electron chi connectivity index (χ3n) is 2.53. The molecule has 0 aliphatic carbocycles. The van der Waals surface area contributed by atoms with Crippen molar-refractivity contribution in [3.05, 3.63) is 39.6 Å². The summed E-state index contributed by atoms with van der Waals surface area (Å²) in [6.07, 6.45) is 0.668. The molecule has 0 N–H and O–H groups in total. The van der Waals surface area contributed by atoms with Crippen molar-refractivity contribution < 1.29 is 9.53 Å². The van der Waals surface area contributed by atoms with E-state index in [-0.39, 0.29) is 12.1 Å². The predicted molar refractivity (Wildman–Crippen MR) is 65.8 cm³/mol. The monoisotopic (exact) mass is 251 g/mol. The van der Waals surface area contributed by atoms with Crippen LogP contribution in [0.5, 0.6) is 5.75 Å². The van der Waals surface area contributed by atoms with E-state index in [9.17, 15) is 9.59 Å². The van der Waals surface area contributed by atoms with Gasteiger partial charge in [-0.15, -0.1) is 0 Å². The first-order chi connectivity index (χ1) is 8.19. The molecule has 0 radical (unpaired) electrons. The smallest absolute Gasteiger partial charge is 0.251 e. The number of aromatic nitrogens is 1. The fraction of sp³-hybridized carbons (Fsp3) is 0.167. The predicted octanol–water partition coefficient (Wildman–Crippen LogP) is 1.86. The summed E-state index contributed by atoms with van der Waals surface area (Å²) in [5.74, 6) is 0.518. The molecule has 0 atom stereocenters. The van der Waals surface area contributed by atoms with E-state index in [2.05, 4.69) is 0 Å². The average molecular weight is 252 g/mol. The minimum absolute atomic E-state index is 0.0210. The minimum atomic E-state index is -0.259. The van der Waals surface area contributed by atoms with Gasteiger partial charge < -0.3 is 9.53 Å². The first kappa shape index (κ1) is 11.7. The van der Waals surface area contributed by atoms with Crippen LogP contribution in [0, 0.1) is 0 Å². The van der Waals surface area contributed by atoms with Crippen LogP contribution in [-0.4, -0.2) is 18.0 Å². The van der Waals surface area contributed by atoms with Crippen LogP contribution >= 0.6 is 11.6 Å². The summed E-state index contributed by atoms with van der Waals surface area (Å²) >= 11 is 6.05. The number of methoxy groups -OCH3 is 1. The van der Waals surface area contributed by atoms with Crippen molar-refractivity contribution in [1.29, 1.82) is 0 Å². The number of aldehydes is 1. The van der Waals surface area contributed by atoms with E-state index in [1.165, 1.54) is 17.7 Å². The Morgan fingerprint density at radius 2 is 2.12 bits per heavy atom. The van der Waals surface area contributed by atoms with E-state index in [1.54, 1.807) is 18.2 Å². The zero-order valence-electron chi connectivity index (χ0n) is 9.14. The number of pyridine rings is 1. The Hall–Kier alpha value is -1.81. The summed E-state index contributed by atoms with van der Waals surface area (Å²) in [5.41, 5.74) is 0.282. The van der Waals surface area contributed by atoms with Crippen molar-refractivity contribution in [2.24, 2.45) is 0 Å². The van der Waals surface area contributed by atoms with Gasteiger partial charge in [0.1, 0.15) is 12.0 Å². The largest absolute Gasteiger partial charge is 0.495 e. The van der Waals surface area contributed by atoms with E-state index in [0.29, 0.717) is 28.0 Å². The molecule has 5 heteroatoms. The number of benzene rings is 1. The van der Waals surface area contributed by atoms with Crippen LogP contribution in [0.15, 0.2) is 29.1 Å². The lowest BCUT2D eigenvalue weighted by molar-refractivity contribution is -0.108. The molecule has 0 fully saturated rings. The molecule has 0 spiro atoms. The van der Waals surface area contributed by atoms with E-state index < -0.39 is 0 Å². The van der Waals surface area contributed by atoms with E-state index in [1.807, 2.05) is 0 Å². The molecule has 0 unspecified atom stereocenters. The second-order valence-electron chi connectivity index (χ2n) is 3.46. The summed E-state index contributed by atoms with van der Waals surface area (Å²) in [5, 5.41) is 1.20. The van der Waals surface area contributed by atoms with Crippen LogP contribution in [0.1, 0.15) is 0 Å². The molecule has 1 aromatic heterocycles. The summed E-state index contributed by atoms with van der Waals surface area (Å²) in [6.45, 7) is -0.0210. The van der Waals surface area contributed by atoms with Crippen LogP contribution in [0.3, 0.4) is 0 Å². The van der Waals surface area contributed by atoms with Gasteiger partial charge in [-0.05, 0) is 18.2 Å². The number of nitrogens with zero attached hydrogens (tertiary/aromatic N) is 1. The number of rotatable bonds is 3. The van der Waals surface area contributed by atoms with Gasteiger partial charge in [-0.2, -0.15) is 0 Å². The SMILES string of the molecule is COc1ccc(Cl)c2ccc(=O)n(CC=O)c12. The third kappa shape index (κ3) is 1.91. The van der Waals surface area contributed by atoms with E-state index in [4.69, 9.17) is 16.3 Å². The zero-order chi connectivity index (χ0) is 12.4. The van der Waals surface area contributed by atoms with Gasteiger partial charge in [-0.3, -0.25) is 9.36 Å². The van der Waals surface area contributed by atoms with Crippen LogP contribution in [0.25, 0.3) is 10.9 Å². The summed E-state index contributed by atoms with van der Waals surface area (Å²) < 4.78 is 6.53. The summed E-state index contributed by atoms with van der Waals surface area (Å²) in [4.78, 5) is 22.3. The number of carbonyl (C=O) groups is 1. The molecule has 0 saturated carbocycles. The number of hydrogen-bond acceptors (Lipinski definition) is 3. The van der Waals surface area contributed by atoms with Crippen molar-refractivity contribution in [3.63, 3.8) is 0 Å². The van der Waals surface area contributed by atoms with Gasteiger partial charge in [0.25, 0.3) is 5.56 Å². The standard InChI is InChI=1S/C12H10ClNO3/c1-17-10-4-3-9(13)8-2-5-11(16)14(6-7-15)12(8)10/h2-5,7H,6H2,1H3. The van der Waals surface area contributed by atoms with Gasteiger partial charge >= 0.3 is 0 Å². The van der Waals surface area contributed by atoms with Gasteiger partial charge in [-0.1, -0.05) is 11.6 Å². The number of fused-ring (bicyclic) bond motifs is 1. The number of carbonyl (C=O) groups excluding carboxylic acids is 1.